The average molecular weight is 541 g/mol. The standard InChI is InChI=1S/C29H33FN2O7/c1-3-5-24(35)32(10-8-17-6-4-7-19(30)12-17)22-15-21(29(37)31-9-11-33)25-20-13-18(16-34)14-23(38-2)27(20)39-28(25)26(22)36/h4,6-7,12-16,22,25-26,28,33,36H,3,5,8-11H2,1-2H3,(H,31,37)/t22-,25+,26+,28+/m1/s1. The van der Waals surface area contributed by atoms with Gasteiger partial charge in [-0.25, -0.2) is 4.39 Å². The lowest BCUT2D eigenvalue weighted by atomic mass is 9.77. The highest BCUT2D eigenvalue weighted by Crippen LogP contribution is 2.51. The Morgan fingerprint density at radius 1 is 1.26 bits per heavy atom. The minimum absolute atomic E-state index is 0.00421. The van der Waals surface area contributed by atoms with Crippen LogP contribution in [0.1, 0.15) is 47.2 Å². The van der Waals surface area contributed by atoms with E-state index in [4.69, 9.17) is 9.47 Å². The van der Waals surface area contributed by atoms with Crippen molar-refractivity contribution in [1.29, 1.82) is 0 Å². The molecule has 0 spiro atoms. The van der Waals surface area contributed by atoms with E-state index in [1.54, 1.807) is 24.3 Å². The summed E-state index contributed by atoms with van der Waals surface area (Å²) in [5, 5.41) is 23.5. The van der Waals surface area contributed by atoms with Gasteiger partial charge in [0.25, 0.3) is 0 Å². The first-order chi connectivity index (χ1) is 18.8. The van der Waals surface area contributed by atoms with E-state index in [1.807, 2.05) is 6.92 Å². The molecule has 2 amide bonds. The topological polar surface area (TPSA) is 125 Å². The molecule has 0 bridgehead atoms. The van der Waals surface area contributed by atoms with Crippen molar-refractivity contribution in [2.45, 2.75) is 50.4 Å². The number of amides is 2. The van der Waals surface area contributed by atoms with E-state index in [2.05, 4.69) is 5.32 Å². The second-order valence-electron chi connectivity index (χ2n) is 9.62. The molecule has 1 heterocycles. The number of halogens is 1. The molecule has 9 nitrogen and oxygen atoms in total. The molecular formula is C29H33FN2O7. The minimum Gasteiger partial charge on any atom is -0.493 e. The first-order valence-corrected chi connectivity index (χ1v) is 13.0. The summed E-state index contributed by atoms with van der Waals surface area (Å²) in [7, 11) is 1.43. The SMILES string of the molecule is CCCC(=O)N(CCc1cccc(F)c1)[C@@H]1C=C(C(=O)NCCO)[C@@H]2c3cc(C=O)cc(OC)c3O[C@@H]2[C@H]1O. The lowest BCUT2D eigenvalue weighted by Crippen LogP contribution is -2.56. The Morgan fingerprint density at radius 2 is 2.05 bits per heavy atom. The molecule has 208 valence electrons. The molecule has 0 fully saturated rings. The molecule has 0 unspecified atom stereocenters. The number of hydrogen-bond acceptors (Lipinski definition) is 7. The number of hydrogen-bond donors (Lipinski definition) is 3. The number of ether oxygens (including phenoxy) is 2. The minimum atomic E-state index is -1.23. The number of benzene rings is 2. The molecule has 3 N–H and O–H groups in total. The summed E-state index contributed by atoms with van der Waals surface area (Å²) >= 11 is 0. The van der Waals surface area contributed by atoms with E-state index in [1.165, 1.54) is 30.2 Å². The van der Waals surface area contributed by atoms with Crippen LogP contribution in [0.5, 0.6) is 11.5 Å². The summed E-state index contributed by atoms with van der Waals surface area (Å²) in [6.45, 7) is 1.77. The molecule has 2 aliphatic rings. The van der Waals surface area contributed by atoms with Crippen molar-refractivity contribution in [3.05, 3.63) is 70.6 Å². The van der Waals surface area contributed by atoms with Crippen molar-refractivity contribution in [1.82, 2.24) is 10.2 Å². The largest absolute Gasteiger partial charge is 0.493 e. The molecular weight excluding hydrogens is 507 g/mol. The fraction of sp³-hybridized carbons (Fsp3) is 0.414. The van der Waals surface area contributed by atoms with Crippen molar-refractivity contribution >= 4 is 18.1 Å². The molecule has 0 aromatic heterocycles. The second-order valence-corrected chi connectivity index (χ2v) is 9.62. The van der Waals surface area contributed by atoms with Crippen LogP contribution in [0.15, 0.2) is 48.0 Å². The third-order valence-electron chi connectivity index (χ3n) is 7.09. The van der Waals surface area contributed by atoms with E-state index in [0.29, 0.717) is 41.6 Å². The predicted octanol–water partition coefficient (Wildman–Crippen LogP) is 2.14. The van der Waals surface area contributed by atoms with Gasteiger partial charge in [0.1, 0.15) is 24.3 Å². The molecule has 1 aliphatic heterocycles. The van der Waals surface area contributed by atoms with Gasteiger partial charge in [0.15, 0.2) is 11.5 Å². The second kappa shape index (κ2) is 12.4. The summed E-state index contributed by atoms with van der Waals surface area (Å²) < 4.78 is 25.4. The smallest absolute Gasteiger partial charge is 0.247 e. The number of aliphatic hydroxyl groups is 2. The van der Waals surface area contributed by atoms with Gasteiger partial charge in [-0.15, -0.1) is 0 Å². The monoisotopic (exact) mass is 540 g/mol. The summed E-state index contributed by atoms with van der Waals surface area (Å²) in [6, 6.07) is 8.28. The Labute approximate surface area is 226 Å². The zero-order valence-electron chi connectivity index (χ0n) is 21.9. The van der Waals surface area contributed by atoms with Gasteiger partial charge in [0.2, 0.25) is 11.8 Å². The van der Waals surface area contributed by atoms with Crippen LogP contribution in [0, 0.1) is 5.82 Å². The fourth-order valence-corrected chi connectivity index (χ4v) is 5.30. The van der Waals surface area contributed by atoms with Crippen LogP contribution in [0.4, 0.5) is 4.39 Å². The molecule has 0 saturated heterocycles. The first kappa shape index (κ1) is 28.3. The van der Waals surface area contributed by atoms with Gasteiger partial charge < -0.3 is 29.9 Å². The quantitative estimate of drug-likeness (QED) is 0.373. The van der Waals surface area contributed by atoms with Crippen molar-refractivity contribution < 1.29 is 38.5 Å². The van der Waals surface area contributed by atoms with Crippen LogP contribution >= 0.6 is 0 Å². The molecule has 2 aromatic rings. The Balaban J connectivity index is 1.76. The van der Waals surface area contributed by atoms with Crippen molar-refractivity contribution in [2.75, 3.05) is 26.8 Å². The van der Waals surface area contributed by atoms with Gasteiger partial charge in [-0.2, -0.15) is 0 Å². The van der Waals surface area contributed by atoms with Crippen LogP contribution in [-0.2, 0) is 16.0 Å². The zero-order valence-corrected chi connectivity index (χ0v) is 21.9. The highest BCUT2D eigenvalue weighted by Gasteiger charge is 2.51. The van der Waals surface area contributed by atoms with E-state index >= 15 is 0 Å². The number of fused-ring (bicyclic) bond motifs is 3. The Hall–Kier alpha value is -3.76. The molecule has 4 atom stereocenters. The number of nitrogens with zero attached hydrogens (tertiary/aromatic N) is 1. The highest BCUT2D eigenvalue weighted by atomic mass is 19.1. The van der Waals surface area contributed by atoms with Crippen molar-refractivity contribution in [3.8, 4) is 11.5 Å². The Kier molecular flexibility index (Phi) is 8.98. The number of aldehydes is 1. The van der Waals surface area contributed by atoms with Crippen LogP contribution in [0.2, 0.25) is 0 Å². The van der Waals surface area contributed by atoms with Gasteiger partial charge in [0, 0.05) is 36.2 Å². The third kappa shape index (κ3) is 5.81. The number of nitrogens with one attached hydrogen (secondary N) is 1. The molecule has 4 rings (SSSR count). The van der Waals surface area contributed by atoms with E-state index in [9.17, 15) is 29.0 Å². The van der Waals surface area contributed by atoms with Gasteiger partial charge in [-0.3, -0.25) is 14.4 Å². The van der Waals surface area contributed by atoms with E-state index < -0.39 is 30.1 Å². The van der Waals surface area contributed by atoms with Crippen LogP contribution in [-0.4, -0.2) is 78.3 Å². The van der Waals surface area contributed by atoms with Crippen molar-refractivity contribution in [3.63, 3.8) is 0 Å². The predicted molar refractivity (Wildman–Crippen MR) is 140 cm³/mol. The maximum atomic E-state index is 13.8. The fourth-order valence-electron chi connectivity index (χ4n) is 5.30. The van der Waals surface area contributed by atoms with Crippen LogP contribution < -0.4 is 14.8 Å². The highest BCUT2D eigenvalue weighted by molar-refractivity contribution is 5.96. The average Bonchev–Trinajstić information content (AvgIpc) is 3.32. The molecule has 2 aromatic carbocycles. The number of rotatable bonds is 11. The lowest BCUT2D eigenvalue weighted by Gasteiger charge is -2.40. The Bertz CT molecular complexity index is 1260. The van der Waals surface area contributed by atoms with E-state index in [-0.39, 0.29) is 49.2 Å². The normalized spacial score (nSPS) is 21.2. The lowest BCUT2D eigenvalue weighted by molar-refractivity contribution is -0.137. The van der Waals surface area contributed by atoms with Gasteiger partial charge in [-0.1, -0.05) is 19.1 Å². The summed E-state index contributed by atoms with van der Waals surface area (Å²) in [5.74, 6) is -1.25. The number of methoxy groups -OCH3 is 1. The van der Waals surface area contributed by atoms with Gasteiger partial charge in [0.05, 0.1) is 25.7 Å². The first-order valence-electron chi connectivity index (χ1n) is 13.0. The van der Waals surface area contributed by atoms with Crippen molar-refractivity contribution in [2.24, 2.45) is 0 Å². The molecule has 1 aliphatic carbocycles. The van der Waals surface area contributed by atoms with Gasteiger partial charge in [-0.05, 0) is 48.7 Å². The molecule has 10 heteroatoms. The maximum Gasteiger partial charge on any atom is 0.247 e. The summed E-state index contributed by atoms with van der Waals surface area (Å²) in [4.78, 5) is 39.7. The number of aliphatic hydroxyl groups excluding tert-OH is 2. The summed E-state index contributed by atoms with van der Waals surface area (Å²) in [5.41, 5.74) is 1.76. The maximum absolute atomic E-state index is 13.8. The molecule has 39 heavy (non-hydrogen) atoms. The third-order valence-corrected chi connectivity index (χ3v) is 7.09. The molecule has 0 radical (unpaired) electrons. The van der Waals surface area contributed by atoms with Crippen LogP contribution in [0.25, 0.3) is 0 Å². The summed E-state index contributed by atoms with van der Waals surface area (Å²) in [6.07, 6.45) is 1.17. The van der Waals surface area contributed by atoms with Gasteiger partial charge >= 0.3 is 0 Å². The molecule has 0 saturated carbocycles. The van der Waals surface area contributed by atoms with E-state index in [0.717, 1.165) is 0 Å². The zero-order chi connectivity index (χ0) is 28.1. The van der Waals surface area contributed by atoms with Crippen LogP contribution in [0.3, 0.4) is 0 Å². The number of carbonyl (C=O) groups is 3. The Morgan fingerprint density at radius 3 is 2.72 bits per heavy atom. The number of carbonyl (C=O) groups excluding carboxylic acids is 3.